The van der Waals surface area contributed by atoms with E-state index in [1.54, 1.807) is 6.07 Å². The number of aromatic nitrogens is 1. The molecule has 0 saturated heterocycles. The van der Waals surface area contributed by atoms with Crippen molar-refractivity contribution in [3.8, 4) is 5.75 Å². The normalized spacial score (nSPS) is 11.2. The Labute approximate surface area is 125 Å². The highest BCUT2D eigenvalue weighted by molar-refractivity contribution is 6.31. The van der Waals surface area contributed by atoms with Gasteiger partial charge >= 0.3 is 11.3 Å². The van der Waals surface area contributed by atoms with Crippen LogP contribution in [0.3, 0.4) is 0 Å². The van der Waals surface area contributed by atoms with Gasteiger partial charge in [0.1, 0.15) is 5.39 Å². The first-order valence-electron chi connectivity index (χ1n) is 5.95. The SMILES string of the molecule is Cn1c(=O)c2c(O)c([N+](=O)[O-])c(=O)oc2c2cc(Cl)ccc21. The number of aromatic hydroxyl groups is 1. The summed E-state index contributed by atoms with van der Waals surface area (Å²) in [6.07, 6.45) is 0. The lowest BCUT2D eigenvalue weighted by molar-refractivity contribution is -0.388. The van der Waals surface area contributed by atoms with E-state index in [-0.39, 0.29) is 11.0 Å². The molecule has 0 radical (unpaired) electrons. The van der Waals surface area contributed by atoms with Crippen LogP contribution in [0.2, 0.25) is 5.02 Å². The lowest BCUT2D eigenvalue weighted by Gasteiger charge is -2.09. The molecule has 3 aromatic rings. The Morgan fingerprint density at radius 2 is 2.05 bits per heavy atom. The zero-order valence-corrected chi connectivity index (χ0v) is 11.7. The number of hydrogen-bond acceptors (Lipinski definition) is 6. The molecule has 0 aliphatic rings. The van der Waals surface area contributed by atoms with Gasteiger partial charge in [0.2, 0.25) is 5.75 Å². The van der Waals surface area contributed by atoms with Gasteiger partial charge in [0.25, 0.3) is 5.56 Å². The summed E-state index contributed by atoms with van der Waals surface area (Å²) in [5, 5.41) is 21.0. The topological polar surface area (TPSA) is 116 Å². The number of aryl methyl sites for hydroxylation is 1. The van der Waals surface area contributed by atoms with Crippen molar-refractivity contribution < 1.29 is 14.4 Å². The Morgan fingerprint density at radius 3 is 2.68 bits per heavy atom. The van der Waals surface area contributed by atoms with E-state index in [4.69, 9.17) is 16.0 Å². The number of hydrogen-bond donors (Lipinski definition) is 1. The molecular weight excluding hydrogens is 316 g/mol. The van der Waals surface area contributed by atoms with Crippen molar-refractivity contribution in [3.05, 3.63) is 54.1 Å². The minimum Gasteiger partial charge on any atom is -0.501 e. The van der Waals surface area contributed by atoms with Crippen LogP contribution in [0.1, 0.15) is 0 Å². The Hall–Kier alpha value is -2.87. The third-order valence-corrected chi connectivity index (χ3v) is 3.58. The monoisotopic (exact) mass is 322 g/mol. The van der Waals surface area contributed by atoms with Crippen LogP contribution >= 0.6 is 11.6 Å². The smallest absolute Gasteiger partial charge is 0.419 e. The van der Waals surface area contributed by atoms with Crippen LogP contribution in [-0.4, -0.2) is 14.6 Å². The van der Waals surface area contributed by atoms with Crippen molar-refractivity contribution in [1.82, 2.24) is 4.57 Å². The fourth-order valence-corrected chi connectivity index (χ4v) is 2.50. The number of nitro groups is 1. The summed E-state index contributed by atoms with van der Waals surface area (Å²) in [6.45, 7) is 0. The van der Waals surface area contributed by atoms with Crippen molar-refractivity contribution in [2.45, 2.75) is 0 Å². The number of halogens is 1. The zero-order valence-electron chi connectivity index (χ0n) is 11.0. The van der Waals surface area contributed by atoms with Crippen molar-refractivity contribution in [1.29, 1.82) is 0 Å². The van der Waals surface area contributed by atoms with Crippen LogP contribution in [0.15, 0.2) is 32.2 Å². The van der Waals surface area contributed by atoms with Crippen LogP contribution in [0, 0.1) is 10.1 Å². The molecule has 0 fully saturated rings. The second-order valence-electron chi connectivity index (χ2n) is 4.57. The molecule has 9 heteroatoms. The maximum Gasteiger partial charge on any atom is 0.419 e. The second-order valence-corrected chi connectivity index (χ2v) is 5.01. The second kappa shape index (κ2) is 4.57. The van der Waals surface area contributed by atoms with Gasteiger partial charge in [0.15, 0.2) is 5.58 Å². The highest BCUT2D eigenvalue weighted by atomic mass is 35.5. The van der Waals surface area contributed by atoms with E-state index >= 15 is 0 Å². The standard InChI is InChI=1S/C13H7ClN2O6/c1-15-7-3-2-5(14)4-6(7)11-8(12(15)18)10(17)9(16(20)21)13(19)22-11/h2-4,17H,1H3. The summed E-state index contributed by atoms with van der Waals surface area (Å²) < 4.78 is 6.09. The van der Waals surface area contributed by atoms with Gasteiger partial charge in [0.05, 0.1) is 10.4 Å². The molecule has 0 bridgehead atoms. The third-order valence-electron chi connectivity index (χ3n) is 3.34. The van der Waals surface area contributed by atoms with E-state index < -0.39 is 32.9 Å². The van der Waals surface area contributed by atoms with Crippen LogP contribution in [0.25, 0.3) is 21.9 Å². The zero-order chi connectivity index (χ0) is 16.2. The van der Waals surface area contributed by atoms with Crippen molar-refractivity contribution in [2.75, 3.05) is 0 Å². The number of fused-ring (bicyclic) bond motifs is 3. The quantitative estimate of drug-likeness (QED) is 0.415. The number of rotatable bonds is 1. The summed E-state index contributed by atoms with van der Waals surface area (Å²) in [6, 6.07) is 4.52. The molecule has 0 amide bonds. The maximum atomic E-state index is 12.3. The van der Waals surface area contributed by atoms with E-state index in [0.717, 1.165) is 0 Å². The number of nitrogens with zero attached hydrogens (tertiary/aromatic N) is 2. The summed E-state index contributed by atoms with van der Waals surface area (Å²) >= 11 is 5.89. The summed E-state index contributed by atoms with van der Waals surface area (Å²) in [7, 11) is 1.42. The van der Waals surface area contributed by atoms with Crippen molar-refractivity contribution in [3.63, 3.8) is 0 Å². The predicted molar refractivity (Wildman–Crippen MR) is 78.6 cm³/mol. The molecule has 0 saturated carbocycles. The van der Waals surface area contributed by atoms with Gasteiger partial charge in [-0.25, -0.2) is 4.79 Å². The van der Waals surface area contributed by atoms with Gasteiger partial charge in [-0.3, -0.25) is 14.9 Å². The van der Waals surface area contributed by atoms with Crippen LogP contribution < -0.4 is 11.2 Å². The molecular formula is C13H7ClN2O6. The van der Waals surface area contributed by atoms with E-state index in [0.29, 0.717) is 10.5 Å². The maximum absolute atomic E-state index is 12.3. The lowest BCUT2D eigenvalue weighted by Crippen LogP contribution is -2.19. The molecule has 0 unspecified atom stereocenters. The number of benzene rings is 1. The fraction of sp³-hybridized carbons (Fsp3) is 0.0769. The van der Waals surface area contributed by atoms with Gasteiger partial charge in [-0.05, 0) is 18.2 Å². The highest BCUT2D eigenvalue weighted by Crippen LogP contribution is 2.33. The molecule has 2 aromatic heterocycles. The average molecular weight is 323 g/mol. The summed E-state index contributed by atoms with van der Waals surface area (Å²) in [5.41, 5.74) is -3.09. The lowest BCUT2D eigenvalue weighted by atomic mass is 10.1. The molecule has 112 valence electrons. The molecule has 22 heavy (non-hydrogen) atoms. The summed E-state index contributed by atoms with van der Waals surface area (Å²) in [5.74, 6) is -1.02. The summed E-state index contributed by atoms with van der Waals surface area (Å²) in [4.78, 5) is 33.8. The van der Waals surface area contributed by atoms with Gasteiger partial charge < -0.3 is 14.1 Å². The third kappa shape index (κ3) is 1.77. The van der Waals surface area contributed by atoms with Crippen molar-refractivity contribution >= 4 is 39.2 Å². The fourth-order valence-electron chi connectivity index (χ4n) is 2.32. The molecule has 2 heterocycles. The largest absolute Gasteiger partial charge is 0.501 e. The highest BCUT2D eigenvalue weighted by Gasteiger charge is 2.28. The molecule has 0 spiro atoms. The first-order chi connectivity index (χ1) is 10.3. The molecule has 1 N–H and O–H groups in total. The Balaban J connectivity index is 2.73. The molecule has 3 rings (SSSR count). The van der Waals surface area contributed by atoms with Crippen LogP contribution in [-0.2, 0) is 7.05 Å². The Kier molecular flexibility index (Phi) is 2.92. The van der Waals surface area contributed by atoms with Gasteiger partial charge in [-0.15, -0.1) is 0 Å². The predicted octanol–water partition coefficient (Wildman–Crippen LogP) is 1.91. The molecule has 0 atom stereocenters. The van der Waals surface area contributed by atoms with Crippen molar-refractivity contribution in [2.24, 2.45) is 7.05 Å². The van der Waals surface area contributed by atoms with Crippen LogP contribution in [0.4, 0.5) is 5.69 Å². The average Bonchev–Trinajstić information content (AvgIpc) is 2.43. The molecule has 0 aliphatic carbocycles. The molecule has 0 aliphatic heterocycles. The first-order valence-corrected chi connectivity index (χ1v) is 6.33. The Morgan fingerprint density at radius 1 is 1.36 bits per heavy atom. The molecule has 1 aromatic carbocycles. The number of pyridine rings is 1. The van der Waals surface area contributed by atoms with Gasteiger partial charge in [-0.1, -0.05) is 11.6 Å². The first kappa shape index (κ1) is 14.1. The van der Waals surface area contributed by atoms with E-state index in [1.807, 2.05) is 0 Å². The van der Waals surface area contributed by atoms with E-state index in [2.05, 4.69) is 0 Å². The minimum absolute atomic E-state index is 0.242. The van der Waals surface area contributed by atoms with Gasteiger partial charge in [0, 0.05) is 17.5 Å². The Bertz CT molecular complexity index is 1080. The van der Waals surface area contributed by atoms with Gasteiger partial charge in [-0.2, -0.15) is 0 Å². The molecule has 8 nitrogen and oxygen atoms in total. The van der Waals surface area contributed by atoms with Crippen LogP contribution in [0.5, 0.6) is 5.75 Å². The minimum atomic E-state index is -1.34. The van der Waals surface area contributed by atoms with E-state index in [9.17, 15) is 24.8 Å². The van der Waals surface area contributed by atoms with E-state index in [1.165, 1.54) is 23.7 Å².